The third-order valence-electron chi connectivity index (χ3n) is 4.24. The normalized spacial score (nSPS) is 16.8. The van der Waals surface area contributed by atoms with Crippen molar-refractivity contribution in [1.82, 2.24) is 29.6 Å². The molecule has 132 valence electrons. The number of carbonyl (C=O) groups excluding carboxylic acids is 1. The lowest BCUT2D eigenvalue weighted by Gasteiger charge is -2.23. The Morgan fingerprint density at radius 1 is 1.08 bits per heavy atom. The zero-order valence-electron chi connectivity index (χ0n) is 14.1. The third-order valence-corrected chi connectivity index (χ3v) is 4.24. The minimum absolute atomic E-state index is 0.183. The Balaban J connectivity index is 1.53. The molecule has 0 saturated heterocycles. The first kappa shape index (κ1) is 16.3. The standard InChI is InChI=1S/C18H18N6O2/c25-18(17-20-5-1-6-21-17)23-10-15-4-9-22-24(15)12-16(11-23)26-13-14-2-7-19-8-3-14/h1-9,16H,10-13H2. The topological polar surface area (TPSA) is 86.0 Å². The van der Waals surface area contributed by atoms with Gasteiger partial charge in [0.05, 0.1) is 31.5 Å². The van der Waals surface area contributed by atoms with Crippen molar-refractivity contribution in [1.29, 1.82) is 0 Å². The molecule has 1 amide bonds. The summed E-state index contributed by atoms with van der Waals surface area (Å²) >= 11 is 0. The van der Waals surface area contributed by atoms with Gasteiger partial charge in [-0.1, -0.05) is 0 Å². The molecule has 0 N–H and O–H groups in total. The Morgan fingerprint density at radius 3 is 2.69 bits per heavy atom. The molecule has 8 heteroatoms. The van der Waals surface area contributed by atoms with Gasteiger partial charge >= 0.3 is 0 Å². The van der Waals surface area contributed by atoms with Gasteiger partial charge in [0.25, 0.3) is 5.91 Å². The maximum atomic E-state index is 12.8. The SMILES string of the molecule is O=C(c1ncccn1)N1Cc2ccnn2CC(OCc2ccncc2)C1. The van der Waals surface area contributed by atoms with Crippen LogP contribution < -0.4 is 0 Å². The molecule has 8 nitrogen and oxygen atoms in total. The lowest BCUT2D eigenvalue weighted by molar-refractivity contribution is 0.00884. The quantitative estimate of drug-likeness (QED) is 0.705. The van der Waals surface area contributed by atoms with Crippen LogP contribution in [0.3, 0.4) is 0 Å². The molecule has 3 aromatic heterocycles. The molecule has 1 aliphatic heterocycles. The van der Waals surface area contributed by atoms with Crippen LogP contribution in [0.2, 0.25) is 0 Å². The molecule has 4 rings (SSSR count). The highest BCUT2D eigenvalue weighted by molar-refractivity contribution is 5.90. The lowest BCUT2D eigenvalue weighted by Crippen LogP contribution is -2.38. The van der Waals surface area contributed by atoms with Crippen LogP contribution in [0.5, 0.6) is 0 Å². The summed E-state index contributed by atoms with van der Waals surface area (Å²) in [4.78, 5) is 26.7. The average Bonchev–Trinajstić information content (AvgIpc) is 3.05. The lowest BCUT2D eigenvalue weighted by atomic mass is 10.2. The number of aromatic nitrogens is 5. The summed E-state index contributed by atoms with van der Waals surface area (Å²) < 4.78 is 7.95. The van der Waals surface area contributed by atoms with E-state index in [9.17, 15) is 4.79 Å². The summed E-state index contributed by atoms with van der Waals surface area (Å²) in [6, 6.07) is 7.43. The first-order valence-electron chi connectivity index (χ1n) is 8.37. The molecule has 0 spiro atoms. The van der Waals surface area contributed by atoms with Crippen molar-refractivity contribution >= 4 is 5.91 Å². The Bertz CT molecular complexity index is 868. The number of ether oxygens (including phenoxy) is 1. The van der Waals surface area contributed by atoms with Crippen LogP contribution in [-0.4, -0.2) is 48.2 Å². The molecule has 3 aromatic rings. The van der Waals surface area contributed by atoms with E-state index in [0.717, 1.165) is 11.3 Å². The van der Waals surface area contributed by atoms with Crippen molar-refractivity contribution in [2.75, 3.05) is 6.54 Å². The summed E-state index contributed by atoms with van der Waals surface area (Å²) in [5, 5.41) is 4.35. The van der Waals surface area contributed by atoms with Crippen LogP contribution >= 0.6 is 0 Å². The third kappa shape index (κ3) is 3.60. The molecule has 0 aromatic carbocycles. The van der Waals surface area contributed by atoms with E-state index in [1.54, 1.807) is 42.0 Å². The van der Waals surface area contributed by atoms with Crippen LogP contribution in [-0.2, 0) is 24.4 Å². The second-order valence-corrected chi connectivity index (χ2v) is 6.05. The predicted octanol–water partition coefficient (Wildman–Crippen LogP) is 1.31. The minimum Gasteiger partial charge on any atom is -0.370 e. The Morgan fingerprint density at radius 2 is 1.88 bits per heavy atom. The van der Waals surface area contributed by atoms with Gasteiger partial charge in [0.2, 0.25) is 5.82 Å². The Labute approximate surface area is 150 Å². The molecule has 0 radical (unpaired) electrons. The second kappa shape index (κ2) is 7.40. The number of carbonyl (C=O) groups is 1. The number of hydrogen-bond donors (Lipinski definition) is 0. The van der Waals surface area contributed by atoms with Crippen molar-refractivity contribution in [3.05, 3.63) is 72.3 Å². The van der Waals surface area contributed by atoms with Gasteiger partial charge < -0.3 is 9.64 Å². The van der Waals surface area contributed by atoms with Gasteiger partial charge in [-0.3, -0.25) is 14.5 Å². The van der Waals surface area contributed by atoms with Crippen LogP contribution in [0.25, 0.3) is 0 Å². The fourth-order valence-electron chi connectivity index (χ4n) is 2.92. The molecule has 4 heterocycles. The van der Waals surface area contributed by atoms with E-state index >= 15 is 0 Å². The Hall–Kier alpha value is -3.13. The average molecular weight is 350 g/mol. The molecule has 0 fully saturated rings. The first-order valence-corrected chi connectivity index (χ1v) is 8.37. The van der Waals surface area contributed by atoms with Gasteiger partial charge in [-0.05, 0) is 29.8 Å². The maximum Gasteiger partial charge on any atom is 0.292 e. The van der Waals surface area contributed by atoms with Gasteiger partial charge in [-0.25, -0.2) is 9.97 Å². The van der Waals surface area contributed by atoms with Crippen LogP contribution in [0.15, 0.2) is 55.2 Å². The molecule has 26 heavy (non-hydrogen) atoms. The fourth-order valence-corrected chi connectivity index (χ4v) is 2.92. The maximum absolute atomic E-state index is 12.8. The number of fused-ring (bicyclic) bond motifs is 1. The van der Waals surface area contributed by atoms with E-state index in [4.69, 9.17) is 4.74 Å². The second-order valence-electron chi connectivity index (χ2n) is 6.05. The largest absolute Gasteiger partial charge is 0.370 e. The highest BCUT2D eigenvalue weighted by Gasteiger charge is 2.27. The van der Waals surface area contributed by atoms with E-state index in [0.29, 0.717) is 26.2 Å². The van der Waals surface area contributed by atoms with Crippen molar-refractivity contribution in [3.8, 4) is 0 Å². The highest BCUT2D eigenvalue weighted by Crippen LogP contribution is 2.16. The zero-order chi connectivity index (χ0) is 17.8. The van der Waals surface area contributed by atoms with Crippen molar-refractivity contribution in [3.63, 3.8) is 0 Å². The van der Waals surface area contributed by atoms with Crippen molar-refractivity contribution < 1.29 is 9.53 Å². The van der Waals surface area contributed by atoms with Crippen molar-refractivity contribution in [2.45, 2.75) is 25.8 Å². The number of pyridine rings is 1. The monoisotopic (exact) mass is 350 g/mol. The summed E-state index contributed by atoms with van der Waals surface area (Å²) in [5.74, 6) is -0.0221. The molecule has 0 saturated carbocycles. The van der Waals surface area contributed by atoms with E-state index in [-0.39, 0.29) is 17.8 Å². The smallest absolute Gasteiger partial charge is 0.292 e. The highest BCUT2D eigenvalue weighted by atomic mass is 16.5. The number of hydrogen-bond acceptors (Lipinski definition) is 6. The van der Waals surface area contributed by atoms with E-state index < -0.39 is 0 Å². The van der Waals surface area contributed by atoms with Gasteiger partial charge in [0.15, 0.2) is 0 Å². The molecular weight excluding hydrogens is 332 g/mol. The summed E-state index contributed by atoms with van der Waals surface area (Å²) in [6.07, 6.45) is 8.17. The fraction of sp³-hybridized carbons (Fsp3) is 0.278. The molecule has 0 aliphatic carbocycles. The van der Waals surface area contributed by atoms with E-state index in [1.165, 1.54) is 0 Å². The predicted molar refractivity (Wildman–Crippen MR) is 91.8 cm³/mol. The van der Waals surface area contributed by atoms with Crippen LogP contribution in [0.1, 0.15) is 21.9 Å². The molecule has 1 atom stereocenters. The van der Waals surface area contributed by atoms with Crippen molar-refractivity contribution in [2.24, 2.45) is 0 Å². The number of amides is 1. The van der Waals surface area contributed by atoms with E-state index in [1.807, 2.05) is 22.9 Å². The first-order chi connectivity index (χ1) is 12.8. The zero-order valence-corrected chi connectivity index (χ0v) is 14.1. The molecule has 1 unspecified atom stereocenters. The summed E-state index contributed by atoms with van der Waals surface area (Å²) in [6.45, 7) is 1.94. The van der Waals surface area contributed by atoms with Crippen LogP contribution in [0.4, 0.5) is 0 Å². The molecule has 1 aliphatic rings. The minimum atomic E-state index is -0.210. The summed E-state index contributed by atoms with van der Waals surface area (Å²) in [7, 11) is 0. The summed E-state index contributed by atoms with van der Waals surface area (Å²) in [5.41, 5.74) is 2.00. The van der Waals surface area contributed by atoms with E-state index in [2.05, 4.69) is 20.1 Å². The van der Waals surface area contributed by atoms with Gasteiger partial charge in [-0.2, -0.15) is 5.10 Å². The number of rotatable bonds is 4. The van der Waals surface area contributed by atoms with Gasteiger partial charge in [-0.15, -0.1) is 0 Å². The van der Waals surface area contributed by atoms with Crippen LogP contribution in [0, 0.1) is 0 Å². The van der Waals surface area contributed by atoms with Gasteiger partial charge in [0.1, 0.15) is 0 Å². The molecule has 0 bridgehead atoms. The van der Waals surface area contributed by atoms with Gasteiger partial charge in [0, 0.05) is 37.5 Å². The number of nitrogens with zero attached hydrogens (tertiary/aromatic N) is 6. The molecular formula is C18H18N6O2. The Kier molecular flexibility index (Phi) is 4.65.